The number of rotatable bonds is 0. The van der Waals surface area contributed by atoms with Gasteiger partial charge in [0.1, 0.15) is 0 Å². The van der Waals surface area contributed by atoms with Crippen molar-refractivity contribution in [3.8, 4) is 6.07 Å². The van der Waals surface area contributed by atoms with Crippen molar-refractivity contribution >= 4 is 54.4 Å². The average Bonchev–Trinajstić information content (AvgIpc) is 2.70. The summed E-state index contributed by atoms with van der Waals surface area (Å²) in [4.78, 5) is 10.1. The smallest absolute Gasteiger partial charge is 0.0995 e. The lowest BCUT2D eigenvalue weighted by Gasteiger charge is -2.16. The molecule has 0 bridgehead atoms. The van der Waals surface area contributed by atoms with E-state index in [1.807, 2.05) is 19.1 Å². The normalized spacial score (nSPS) is 11.9. The molecule has 0 N–H and O–H groups in total. The fourth-order valence-corrected chi connectivity index (χ4v) is 4.71. The highest BCUT2D eigenvalue weighted by molar-refractivity contribution is 6.32. The zero-order chi connectivity index (χ0) is 19.9. The maximum atomic E-state index is 9.44. The van der Waals surface area contributed by atoms with Gasteiger partial charge in [0.05, 0.1) is 33.7 Å². The summed E-state index contributed by atoms with van der Waals surface area (Å²) in [5, 5.41) is 16.7. The van der Waals surface area contributed by atoms with E-state index >= 15 is 0 Å². The first-order chi connectivity index (χ1) is 14.0. The third kappa shape index (κ3) is 2.12. The minimum atomic E-state index is 0.648. The van der Waals surface area contributed by atoms with Crippen molar-refractivity contribution in [1.82, 2.24) is 9.97 Å². The maximum absolute atomic E-state index is 9.44. The molecule has 0 amide bonds. The molecule has 0 fully saturated rings. The molecule has 0 spiro atoms. The Hall–Kier alpha value is -3.77. The van der Waals surface area contributed by atoms with Crippen molar-refractivity contribution in [2.75, 3.05) is 0 Å². The largest absolute Gasteiger partial charge is 0.244 e. The van der Waals surface area contributed by atoms with Crippen LogP contribution in [0.3, 0.4) is 0 Å². The first-order valence-corrected chi connectivity index (χ1v) is 9.74. The van der Waals surface area contributed by atoms with E-state index in [2.05, 4.69) is 56.3 Å². The van der Waals surface area contributed by atoms with Gasteiger partial charge in [-0.2, -0.15) is 5.26 Å². The molecule has 1 heterocycles. The van der Waals surface area contributed by atoms with Crippen molar-refractivity contribution in [2.45, 2.75) is 20.8 Å². The predicted octanol–water partition coefficient (Wildman–Crippen LogP) is 6.48. The van der Waals surface area contributed by atoms with E-state index in [1.54, 1.807) is 0 Å². The second-order valence-electron chi connectivity index (χ2n) is 8.08. The quantitative estimate of drug-likeness (QED) is 0.227. The van der Waals surface area contributed by atoms with Gasteiger partial charge in [-0.1, -0.05) is 24.3 Å². The first-order valence-electron chi connectivity index (χ1n) is 9.74. The Morgan fingerprint density at radius 1 is 0.690 bits per heavy atom. The van der Waals surface area contributed by atoms with E-state index < -0.39 is 0 Å². The maximum Gasteiger partial charge on any atom is 0.0995 e. The number of aromatic nitrogens is 2. The van der Waals surface area contributed by atoms with E-state index in [4.69, 9.17) is 9.97 Å². The van der Waals surface area contributed by atoms with Crippen molar-refractivity contribution < 1.29 is 0 Å². The summed E-state index contributed by atoms with van der Waals surface area (Å²) < 4.78 is 0. The standard InChI is InChI=1S/C26H17N3/c1-13-6-16-4-5-17-7-14(2)9-20-24(17)23(16)19(8-13)25-26(20)29-22-11-18(12-27)15(3)10-21(22)28-25/h4-11H,1-3H3. The van der Waals surface area contributed by atoms with E-state index in [-0.39, 0.29) is 0 Å². The average molecular weight is 371 g/mol. The van der Waals surface area contributed by atoms with Crippen molar-refractivity contribution in [2.24, 2.45) is 0 Å². The Kier molecular flexibility index (Phi) is 3.02. The van der Waals surface area contributed by atoms with Gasteiger partial charge in [0, 0.05) is 10.8 Å². The molecule has 29 heavy (non-hydrogen) atoms. The van der Waals surface area contributed by atoms with Gasteiger partial charge in [0.25, 0.3) is 0 Å². The minimum absolute atomic E-state index is 0.648. The summed E-state index contributed by atoms with van der Waals surface area (Å²) in [6.07, 6.45) is 0. The van der Waals surface area contributed by atoms with Gasteiger partial charge in [0.15, 0.2) is 0 Å². The molecule has 136 valence electrons. The summed E-state index contributed by atoms with van der Waals surface area (Å²) in [6.45, 7) is 6.20. The Balaban J connectivity index is 1.97. The lowest BCUT2D eigenvalue weighted by Crippen LogP contribution is -1.95. The molecule has 0 saturated heterocycles. The molecule has 0 saturated carbocycles. The van der Waals surface area contributed by atoms with E-state index in [9.17, 15) is 5.26 Å². The van der Waals surface area contributed by atoms with E-state index in [0.717, 1.165) is 38.4 Å². The molecule has 0 radical (unpaired) electrons. The van der Waals surface area contributed by atoms with Crippen LogP contribution < -0.4 is 0 Å². The van der Waals surface area contributed by atoms with Crippen LogP contribution in [0.2, 0.25) is 0 Å². The monoisotopic (exact) mass is 371 g/mol. The molecule has 0 atom stereocenters. The lowest BCUT2D eigenvalue weighted by atomic mass is 9.90. The van der Waals surface area contributed by atoms with Crippen LogP contribution in [0.25, 0.3) is 54.4 Å². The Labute approximate surface area is 167 Å². The van der Waals surface area contributed by atoms with Crippen LogP contribution in [0.15, 0.2) is 48.5 Å². The summed E-state index contributed by atoms with van der Waals surface area (Å²) in [6, 6.07) is 19.4. The number of benzene rings is 5. The van der Waals surface area contributed by atoms with Gasteiger partial charge in [-0.05, 0) is 83.3 Å². The molecule has 0 unspecified atom stereocenters. The molecule has 3 heteroatoms. The number of fused-ring (bicyclic) bond motifs is 4. The fraction of sp³-hybridized carbons (Fsp3) is 0.115. The van der Waals surface area contributed by atoms with Crippen LogP contribution in [0.1, 0.15) is 22.3 Å². The Morgan fingerprint density at radius 3 is 1.72 bits per heavy atom. The van der Waals surface area contributed by atoms with Crippen LogP contribution in [-0.2, 0) is 0 Å². The molecular formula is C26H17N3. The Bertz CT molecular complexity index is 1690. The van der Waals surface area contributed by atoms with E-state index in [0.29, 0.717) is 5.56 Å². The van der Waals surface area contributed by atoms with Crippen molar-refractivity contribution in [3.05, 3.63) is 70.8 Å². The molecule has 0 aliphatic heterocycles. The van der Waals surface area contributed by atoms with Gasteiger partial charge >= 0.3 is 0 Å². The third-order valence-electron chi connectivity index (χ3n) is 5.96. The third-order valence-corrected chi connectivity index (χ3v) is 5.96. The highest BCUT2D eigenvalue weighted by atomic mass is 14.8. The first kappa shape index (κ1) is 16.2. The van der Waals surface area contributed by atoms with Crippen LogP contribution in [0, 0.1) is 32.1 Å². The number of nitriles is 1. The van der Waals surface area contributed by atoms with E-state index in [1.165, 1.54) is 32.7 Å². The van der Waals surface area contributed by atoms with Gasteiger partial charge in [-0.15, -0.1) is 0 Å². The molecule has 6 rings (SSSR count). The zero-order valence-electron chi connectivity index (χ0n) is 16.5. The molecule has 0 aliphatic carbocycles. The fourth-order valence-electron chi connectivity index (χ4n) is 4.71. The molecule has 3 nitrogen and oxygen atoms in total. The molecular weight excluding hydrogens is 354 g/mol. The number of hydrogen-bond donors (Lipinski definition) is 0. The van der Waals surface area contributed by atoms with Crippen LogP contribution >= 0.6 is 0 Å². The summed E-state index contributed by atoms with van der Waals surface area (Å²) in [7, 11) is 0. The predicted molar refractivity (Wildman–Crippen MR) is 120 cm³/mol. The summed E-state index contributed by atoms with van der Waals surface area (Å²) in [5.41, 5.74) is 7.43. The minimum Gasteiger partial charge on any atom is -0.244 e. The highest BCUT2D eigenvalue weighted by Crippen LogP contribution is 2.41. The van der Waals surface area contributed by atoms with Crippen LogP contribution in [0.5, 0.6) is 0 Å². The second kappa shape index (κ2) is 5.40. The summed E-state index contributed by atoms with van der Waals surface area (Å²) >= 11 is 0. The molecule has 0 aliphatic rings. The topological polar surface area (TPSA) is 49.6 Å². The number of aryl methyl sites for hydroxylation is 3. The SMILES string of the molecule is Cc1cc2ccc3cc(C)cc4c5nc6cc(C#N)c(C)cc6nc5c(c1)c2c34. The molecule has 6 aromatic rings. The van der Waals surface area contributed by atoms with Gasteiger partial charge in [-0.25, -0.2) is 9.97 Å². The van der Waals surface area contributed by atoms with Crippen molar-refractivity contribution in [3.63, 3.8) is 0 Å². The van der Waals surface area contributed by atoms with Gasteiger partial charge in [0.2, 0.25) is 0 Å². The van der Waals surface area contributed by atoms with Crippen molar-refractivity contribution in [1.29, 1.82) is 5.26 Å². The Morgan fingerprint density at radius 2 is 1.21 bits per heavy atom. The van der Waals surface area contributed by atoms with Crippen LogP contribution in [0.4, 0.5) is 0 Å². The van der Waals surface area contributed by atoms with Gasteiger partial charge < -0.3 is 0 Å². The second-order valence-corrected chi connectivity index (χ2v) is 8.08. The lowest BCUT2D eigenvalue weighted by molar-refractivity contribution is 1.36. The number of nitrogens with zero attached hydrogens (tertiary/aromatic N) is 3. The summed E-state index contributed by atoms with van der Waals surface area (Å²) in [5.74, 6) is 0. The zero-order valence-corrected chi connectivity index (χ0v) is 16.5. The van der Waals surface area contributed by atoms with Crippen LogP contribution in [-0.4, -0.2) is 9.97 Å². The molecule has 1 aromatic heterocycles. The van der Waals surface area contributed by atoms with Gasteiger partial charge in [-0.3, -0.25) is 0 Å². The molecule has 5 aromatic carbocycles. The highest BCUT2D eigenvalue weighted by Gasteiger charge is 2.17. The number of hydrogen-bond acceptors (Lipinski definition) is 3.